The number of nitrogens with one attached hydrogen (secondary N) is 3. The molecule has 3 amide bonds. The third kappa shape index (κ3) is 8.95. The molecule has 0 saturated carbocycles. The van der Waals surface area contributed by atoms with Crippen LogP contribution >= 0.6 is 0 Å². The molecule has 2 fully saturated rings. The van der Waals surface area contributed by atoms with Crippen molar-refractivity contribution in [3.63, 3.8) is 0 Å². The summed E-state index contributed by atoms with van der Waals surface area (Å²) in [7, 11) is 0. The summed E-state index contributed by atoms with van der Waals surface area (Å²) in [5, 5.41) is 53.8. The molecule has 0 radical (unpaired) electrons. The zero-order valence-corrected chi connectivity index (χ0v) is 23.9. The number of hydrogen-bond donors (Lipinski definition) is 10. The van der Waals surface area contributed by atoms with Gasteiger partial charge >= 0.3 is 5.97 Å². The lowest BCUT2D eigenvalue weighted by molar-refractivity contribution is -0.238. The second kappa shape index (κ2) is 16.5. The smallest absolute Gasteiger partial charge is 0.326 e. The first kappa shape index (κ1) is 35.1. The van der Waals surface area contributed by atoms with Crippen molar-refractivity contribution >= 4 is 29.7 Å². The Morgan fingerprint density at radius 3 is 2.40 bits per heavy atom. The molecule has 240 valence electrons. The van der Waals surface area contributed by atoms with Crippen molar-refractivity contribution in [1.29, 1.82) is 5.41 Å². The fraction of sp³-hybridized carbons (Fsp3) is 0.800. The van der Waals surface area contributed by atoms with Crippen LogP contribution in [-0.2, 0) is 23.9 Å². The van der Waals surface area contributed by atoms with E-state index in [4.69, 9.17) is 27.3 Å². The first-order chi connectivity index (χ1) is 19.8. The van der Waals surface area contributed by atoms with Gasteiger partial charge in [-0.25, -0.2) is 4.79 Å². The van der Waals surface area contributed by atoms with Crippen LogP contribution in [0.5, 0.6) is 0 Å². The van der Waals surface area contributed by atoms with E-state index in [1.165, 1.54) is 4.90 Å². The summed E-state index contributed by atoms with van der Waals surface area (Å²) in [5.74, 6) is -3.73. The van der Waals surface area contributed by atoms with E-state index in [1.54, 1.807) is 0 Å². The van der Waals surface area contributed by atoms with Gasteiger partial charge in [0, 0.05) is 20.0 Å². The van der Waals surface area contributed by atoms with Gasteiger partial charge in [0.15, 0.2) is 12.2 Å². The molecule has 13 N–H and O–H groups in total. The standard InChI is InChI=1S/C25H46N8O9/c1-13(35)31-18-20(37)19(36)17(12-34)42-23(18)33(16(24(40)41)7-4-10-30-25(28)29)22(39)15-8-5-11-32(15)21(38)14(27)6-2-3-9-26/h14-20,23,34,36-37H,2-12,26-27H2,1H3,(H,31,35)(H,40,41)(H4,28,29,30)/t14-,15+,16-,17+,18+,19+,20+,23?/m0/s1. The van der Waals surface area contributed by atoms with E-state index in [0.29, 0.717) is 32.2 Å². The summed E-state index contributed by atoms with van der Waals surface area (Å²) < 4.78 is 5.82. The van der Waals surface area contributed by atoms with Crippen LogP contribution in [0.25, 0.3) is 0 Å². The zero-order valence-electron chi connectivity index (χ0n) is 23.9. The fourth-order valence-electron chi connectivity index (χ4n) is 5.39. The van der Waals surface area contributed by atoms with Crippen LogP contribution < -0.4 is 27.8 Å². The molecule has 17 heteroatoms. The molecular weight excluding hydrogens is 556 g/mol. The summed E-state index contributed by atoms with van der Waals surface area (Å²) >= 11 is 0. The number of aliphatic carboxylic acids is 1. The van der Waals surface area contributed by atoms with E-state index in [2.05, 4.69) is 10.6 Å². The summed E-state index contributed by atoms with van der Waals surface area (Å²) in [4.78, 5) is 54.4. The van der Waals surface area contributed by atoms with Gasteiger partial charge in [0.05, 0.1) is 12.6 Å². The zero-order chi connectivity index (χ0) is 31.6. The summed E-state index contributed by atoms with van der Waals surface area (Å²) in [5.41, 5.74) is 17.0. The van der Waals surface area contributed by atoms with Gasteiger partial charge in [-0.3, -0.25) is 24.7 Å². The number of nitrogens with two attached hydrogens (primary N) is 3. The van der Waals surface area contributed by atoms with Gasteiger partial charge in [-0.15, -0.1) is 0 Å². The fourth-order valence-corrected chi connectivity index (χ4v) is 5.39. The largest absolute Gasteiger partial charge is 0.480 e. The molecule has 0 aromatic carbocycles. The summed E-state index contributed by atoms with van der Waals surface area (Å²) in [6.07, 6.45) is -4.27. The average molecular weight is 603 g/mol. The molecule has 42 heavy (non-hydrogen) atoms. The molecule has 2 heterocycles. The van der Waals surface area contributed by atoms with Crippen LogP contribution in [-0.4, -0.2) is 135 Å². The lowest BCUT2D eigenvalue weighted by atomic mass is 9.93. The van der Waals surface area contributed by atoms with E-state index >= 15 is 0 Å². The van der Waals surface area contributed by atoms with Gasteiger partial charge in [-0.2, -0.15) is 0 Å². The first-order valence-electron chi connectivity index (χ1n) is 14.1. The van der Waals surface area contributed by atoms with Gasteiger partial charge in [0.25, 0.3) is 0 Å². The van der Waals surface area contributed by atoms with Gasteiger partial charge in [-0.05, 0) is 45.1 Å². The van der Waals surface area contributed by atoms with Crippen molar-refractivity contribution < 1.29 is 44.3 Å². The molecule has 2 saturated heterocycles. The number of hydrogen-bond acceptors (Lipinski definition) is 11. The number of rotatable bonds is 15. The number of nitrogens with zero attached hydrogens (tertiary/aromatic N) is 2. The maximum Gasteiger partial charge on any atom is 0.326 e. The second-order valence-electron chi connectivity index (χ2n) is 10.6. The van der Waals surface area contributed by atoms with E-state index in [1.807, 2.05) is 0 Å². The Morgan fingerprint density at radius 2 is 1.83 bits per heavy atom. The minimum Gasteiger partial charge on any atom is -0.480 e. The maximum atomic E-state index is 14.3. The SMILES string of the molecule is CC(=O)N[C@H]1C(N(C(=O)[C@H]2CCCN2C(=O)[C@@H](N)CCCCN)[C@@H](CCCNC(=N)N)C(=O)O)O[C@H](CO)[C@@H](O)[C@@H]1O. The van der Waals surface area contributed by atoms with Crippen molar-refractivity contribution in [2.45, 2.75) is 101 Å². The number of ether oxygens (including phenoxy) is 1. The number of amides is 3. The lowest BCUT2D eigenvalue weighted by Crippen LogP contribution is -2.71. The number of carbonyl (C=O) groups excluding carboxylic acids is 3. The molecule has 1 unspecified atom stereocenters. The Morgan fingerprint density at radius 1 is 1.14 bits per heavy atom. The lowest BCUT2D eigenvalue weighted by Gasteiger charge is -2.49. The highest BCUT2D eigenvalue weighted by Gasteiger charge is 2.52. The highest BCUT2D eigenvalue weighted by Crippen LogP contribution is 2.30. The highest BCUT2D eigenvalue weighted by atomic mass is 16.5. The van der Waals surface area contributed by atoms with Crippen molar-refractivity contribution in [3.8, 4) is 0 Å². The number of carboxylic acids is 1. The number of aliphatic hydroxyl groups excluding tert-OH is 3. The predicted molar refractivity (Wildman–Crippen MR) is 148 cm³/mol. The van der Waals surface area contributed by atoms with E-state index in [-0.39, 0.29) is 38.3 Å². The predicted octanol–water partition coefficient (Wildman–Crippen LogP) is -4.08. The normalized spacial score (nSPS) is 27.1. The monoisotopic (exact) mass is 602 g/mol. The molecule has 2 aliphatic rings. The Bertz CT molecular complexity index is 957. The average Bonchev–Trinajstić information content (AvgIpc) is 3.42. The van der Waals surface area contributed by atoms with Gasteiger partial charge in [0.2, 0.25) is 17.7 Å². The van der Waals surface area contributed by atoms with Crippen molar-refractivity contribution in [2.24, 2.45) is 17.2 Å². The third-order valence-corrected chi connectivity index (χ3v) is 7.50. The molecular formula is C25H46N8O9. The van der Waals surface area contributed by atoms with E-state index < -0.39 is 79.0 Å². The number of carboxylic acid groups (broad SMARTS) is 1. The highest BCUT2D eigenvalue weighted by molar-refractivity contribution is 5.92. The molecule has 0 bridgehead atoms. The minimum absolute atomic E-state index is 0.105. The molecule has 17 nitrogen and oxygen atoms in total. The Hall–Kier alpha value is -3.09. The van der Waals surface area contributed by atoms with Gasteiger partial charge in [0.1, 0.15) is 36.4 Å². The van der Waals surface area contributed by atoms with Gasteiger partial charge < -0.3 is 57.9 Å². The van der Waals surface area contributed by atoms with Crippen molar-refractivity contribution in [3.05, 3.63) is 0 Å². The number of likely N-dealkylation sites (tertiary alicyclic amines) is 1. The molecule has 0 aliphatic carbocycles. The molecule has 0 aromatic heterocycles. The van der Waals surface area contributed by atoms with Crippen LogP contribution in [0.1, 0.15) is 51.9 Å². The van der Waals surface area contributed by atoms with Crippen LogP contribution in [0, 0.1) is 5.41 Å². The number of aliphatic hydroxyl groups is 3. The van der Waals surface area contributed by atoms with Crippen LogP contribution in [0.2, 0.25) is 0 Å². The first-order valence-corrected chi connectivity index (χ1v) is 14.1. The molecule has 2 rings (SSSR count). The third-order valence-electron chi connectivity index (χ3n) is 7.50. The Balaban J connectivity index is 2.51. The Labute approximate surface area is 244 Å². The second-order valence-corrected chi connectivity index (χ2v) is 10.6. The van der Waals surface area contributed by atoms with Crippen LogP contribution in [0.4, 0.5) is 0 Å². The maximum absolute atomic E-state index is 14.3. The molecule has 8 atom stereocenters. The quantitative estimate of drug-likeness (QED) is 0.0485. The molecule has 0 spiro atoms. The van der Waals surface area contributed by atoms with Crippen molar-refractivity contribution in [1.82, 2.24) is 20.4 Å². The number of carbonyl (C=O) groups is 4. The van der Waals surface area contributed by atoms with E-state index in [9.17, 15) is 39.6 Å². The Kier molecular flexibility index (Phi) is 13.8. The summed E-state index contributed by atoms with van der Waals surface area (Å²) in [6.45, 7) is 1.09. The number of unbranched alkanes of at least 4 members (excludes halogenated alkanes) is 1. The van der Waals surface area contributed by atoms with Crippen LogP contribution in [0.3, 0.4) is 0 Å². The van der Waals surface area contributed by atoms with E-state index in [0.717, 1.165) is 11.8 Å². The van der Waals surface area contributed by atoms with Crippen LogP contribution in [0.15, 0.2) is 0 Å². The minimum atomic E-state index is -1.74. The summed E-state index contributed by atoms with van der Waals surface area (Å²) in [6, 6.07) is -5.09. The van der Waals surface area contributed by atoms with Gasteiger partial charge in [-0.1, -0.05) is 6.42 Å². The van der Waals surface area contributed by atoms with Crippen molar-refractivity contribution in [2.75, 3.05) is 26.2 Å². The molecule has 0 aromatic rings. The topological polar surface area (TPSA) is 291 Å². The number of guanidine groups is 1. The molecule has 2 aliphatic heterocycles.